The van der Waals surface area contributed by atoms with E-state index in [0.717, 1.165) is 10.8 Å². The van der Waals surface area contributed by atoms with Crippen molar-refractivity contribution in [1.82, 2.24) is 5.01 Å². The van der Waals surface area contributed by atoms with Crippen molar-refractivity contribution in [3.63, 3.8) is 0 Å². The van der Waals surface area contributed by atoms with Crippen molar-refractivity contribution in [3.8, 4) is 0 Å². The lowest BCUT2D eigenvalue weighted by Gasteiger charge is -2.30. The molecule has 0 saturated carbocycles. The number of amides is 2. The molecule has 0 spiro atoms. The molecule has 6 heteroatoms. The lowest BCUT2D eigenvalue weighted by Crippen LogP contribution is -2.46. The summed E-state index contributed by atoms with van der Waals surface area (Å²) in [5.41, 5.74) is 1.07. The third-order valence-electron chi connectivity index (χ3n) is 6.63. The minimum absolute atomic E-state index is 0.198. The fourth-order valence-corrected chi connectivity index (χ4v) is 5.25. The highest BCUT2D eigenvalue weighted by Crippen LogP contribution is 2.47. The van der Waals surface area contributed by atoms with E-state index < -0.39 is 23.9 Å². The first-order chi connectivity index (χ1) is 15.7. The molecule has 2 amide bonds. The zero-order valence-corrected chi connectivity index (χ0v) is 17.0. The van der Waals surface area contributed by atoms with Gasteiger partial charge in [-0.05, 0) is 17.5 Å². The van der Waals surface area contributed by atoms with Crippen LogP contribution in [0.25, 0.3) is 10.8 Å². The predicted molar refractivity (Wildman–Crippen MR) is 121 cm³/mol. The van der Waals surface area contributed by atoms with E-state index in [2.05, 4.69) is 5.10 Å². The van der Waals surface area contributed by atoms with Gasteiger partial charge in [0.15, 0.2) is 5.78 Å². The van der Waals surface area contributed by atoms with Crippen LogP contribution in [-0.4, -0.2) is 40.9 Å². The Hall–Kier alpha value is -4.06. The SMILES string of the molecule is O=C(c1ccccc1)[C@H]1[C@H]2C(=O)N(c3cccc4ccccc34)C(=O)[C@H]2[C@@H]2C=CC=NN21. The molecule has 3 aromatic rings. The number of nitrogens with zero attached hydrogens (tertiary/aromatic N) is 3. The second-order valence-electron chi connectivity index (χ2n) is 8.26. The molecule has 2 fully saturated rings. The maximum atomic E-state index is 13.8. The molecule has 0 N–H and O–H groups in total. The first-order valence-corrected chi connectivity index (χ1v) is 10.6. The van der Waals surface area contributed by atoms with Gasteiger partial charge in [0.25, 0.3) is 0 Å². The monoisotopic (exact) mass is 421 g/mol. The summed E-state index contributed by atoms with van der Waals surface area (Å²) in [4.78, 5) is 42.3. The van der Waals surface area contributed by atoms with Crippen molar-refractivity contribution in [3.05, 3.63) is 90.5 Å². The average Bonchev–Trinajstić information content (AvgIpc) is 3.31. The zero-order valence-electron chi connectivity index (χ0n) is 17.0. The fourth-order valence-electron chi connectivity index (χ4n) is 5.25. The van der Waals surface area contributed by atoms with E-state index in [-0.39, 0.29) is 17.6 Å². The van der Waals surface area contributed by atoms with Gasteiger partial charge in [-0.1, -0.05) is 72.8 Å². The number of ketones is 1. The molecular weight excluding hydrogens is 402 g/mol. The van der Waals surface area contributed by atoms with E-state index in [0.29, 0.717) is 11.3 Å². The molecular formula is C26H19N3O3. The number of Topliss-reactive ketones (excluding diaryl/α,β-unsaturated/α-hetero) is 1. The number of rotatable bonds is 3. The average molecular weight is 421 g/mol. The Bertz CT molecular complexity index is 1330. The van der Waals surface area contributed by atoms with Crippen LogP contribution in [0.3, 0.4) is 0 Å². The number of carbonyl (C=O) groups is 3. The molecule has 6 nitrogen and oxygen atoms in total. The lowest BCUT2D eigenvalue weighted by molar-refractivity contribution is -0.123. The number of hydrazone groups is 1. The zero-order chi connectivity index (χ0) is 21.8. The summed E-state index contributed by atoms with van der Waals surface area (Å²) in [6, 6.07) is 20.9. The number of anilines is 1. The smallest absolute Gasteiger partial charge is 0.240 e. The maximum Gasteiger partial charge on any atom is 0.240 e. The van der Waals surface area contributed by atoms with Crippen LogP contribution in [0.5, 0.6) is 0 Å². The van der Waals surface area contributed by atoms with Gasteiger partial charge in [0.2, 0.25) is 11.8 Å². The number of benzene rings is 3. The highest BCUT2D eigenvalue weighted by molar-refractivity contribution is 6.27. The van der Waals surface area contributed by atoms with Gasteiger partial charge in [-0.2, -0.15) is 5.10 Å². The molecule has 0 radical (unpaired) electrons. The standard InChI is InChI=1S/C26H19N3O3/c30-24(17-9-2-1-3-10-17)23-22-21(20-14-7-15-27-29(20)23)25(31)28(26(22)32)19-13-6-11-16-8-4-5-12-18(16)19/h1-15,20-23H/t20-,21-,22-,23+/m0/s1. The second kappa shape index (κ2) is 6.99. The van der Waals surface area contributed by atoms with Crippen LogP contribution in [0.2, 0.25) is 0 Å². The number of imide groups is 1. The van der Waals surface area contributed by atoms with Gasteiger partial charge in [0.1, 0.15) is 6.04 Å². The lowest BCUT2D eigenvalue weighted by atomic mass is 9.86. The van der Waals surface area contributed by atoms with E-state index in [1.165, 1.54) is 4.90 Å². The number of hydrogen-bond donors (Lipinski definition) is 0. The summed E-state index contributed by atoms with van der Waals surface area (Å²) >= 11 is 0. The van der Waals surface area contributed by atoms with Gasteiger partial charge in [-0.15, -0.1) is 0 Å². The summed E-state index contributed by atoms with van der Waals surface area (Å²) in [5.74, 6) is -2.27. The Labute approximate surface area is 184 Å². The van der Waals surface area contributed by atoms with E-state index in [1.54, 1.807) is 47.6 Å². The van der Waals surface area contributed by atoms with Crippen molar-refractivity contribution in [2.24, 2.45) is 16.9 Å². The van der Waals surface area contributed by atoms with Crippen molar-refractivity contribution in [2.45, 2.75) is 12.1 Å². The largest absolute Gasteiger partial charge is 0.292 e. The Morgan fingerprint density at radius 2 is 1.53 bits per heavy atom. The molecule has 0 unspecified atom stereocenters. The van der Waals surface area contributed by atoms with Crippen LogP contribution < -0.4 is 4.90 Å². The van der Waals surface area contributed by atoms with Crippen LogP contribution in [-0.2, 0) is 9.59 Å². The van der Waals surface area contributed by atoms with Gasteiger partial charge < -0.3 is 0 Å². The molecule has 4 atom stereocenters. The van der Waals surface area contributed by atoms with Crippen LogP contribution in [0.1, 0.15) is 10.4 Å². The molecule has 0 aliphatic carbocycles. The summed E-state index contributed by atoms with van der Waals surface area (Å²) in [5, 5.41) is 7.81. The Morgan fingerprint density at radius 1 is 0.812 bits per heavy atom. The molecule has 3 aliphatic rings. The molecule has 2 saturated heterocycles. The fraction of sp³-hybridized carbons (Fsp3) is 0.154. The van der Waals surface area contributed by atoms with Crippen molar-refractivity contribution < 1.29 is 14.4 Å². The van der Waals surface area contributed by atoms with Crippen molar-refractivity contribution in [2.75, 3.05) is 4.90 Å². The molecule has 32 heavy (non-hydrogen) atoms. The Kier molecular flexibility index (Phi) is 4.08. The first-order valence-electron chi connectivity index (χ1n) is 10.6. The minimum Gasteiger partial charge on any atom is -0.292 e. The number of allylic oxidation sites excluding steroid dienone is 1. The molecule has 3 heterocycles. The molecule has 0 aromatic heterocycles. The predicted octanol–water partition coefficient (Wildman–Crippen LogP) is 3.44. The third kappa shape index (κ3) is 2.52. The van der Waals surface area contributed by atoms with Gasteiger partial charge in [0, 0.05) is 17.2 Å². The molecule has 3 aromatic carbocycles. The van der Waals surface area contributed by atoms with Gasteiger partial charge >= 0.3 is 0 Å². The van der Waals surface area contributed by atoms with Crippen LogP contribution >= 0.6 is 0 Å². The Balaban J connectivity index is 1.48. The second-order valence-corrected chi connectivity index (χ2v) is 8.26. The summed E-state index contributed by atoms with van der Waals surface area (Å²) in [7, 11) is 0. The van der Waals surface area contributed by atoms with Crippen LogP contribution in [0, 0.1) is 11.8 Å². The van der Waals surface area contributed by atoms with Gasteiger partial charge in [-0.25, -0.2) is 4.90 Å². The van der Waals surface area contributed by atoms with Crippen LogP contribution in [0.4, 0.5) is 5.69 Å². The molecule has 6 rings (SSSR count). The van der Waals surface area contributed by atoms with E-state index in [1.807, 2.05) is 48.5 Å². The highest BCUT2D eigenvalue weighted by atomic mass is 16.2. The molecule has 3 aliphatic heterocycles. The number of carbonyl (C=O) groups excluding carboxylic acids is 3. The minimum atomic E-state index is -0.829. The number of fused-ring (bicyclic) bond motifs is 4. The summed E-state index contributed by atoms with van der Waals surface area (Å²) < 4.78 is 0. The van der Waals surface area contributed by atoms with Crippen molar-refractivity contribution in [1.29, 1.82) is 0 Å². The Morgan fingerprint density at radius 3 is 2.38 bits per heavy atom. The van der Waals surface area contributed by atoms with Crippen molar-refractivity contribution >= 4 is 40.3 Å². The van der Waals surface area contributed by atoms with Gasteiger partial charge in [0.05, 0.1) is 23.6 Å². The third-order valence-corrected chi connectivity index (χ3v) is 6.63. The number of hydrogen-bond acceptors (Lipinski definition) is 5. The van der Waals surface area contributed by atoms with Gasteiger partial charge in [-0.3, -0.25) is 19.4 Å². The highest BCUT2D eigenvalue weighted by Gasteiger charge is 2.64. The summed E-state index contributed by atoms with van der Waals surface area (Å²) in [6.45, 7) is 0. The topological polar surface area (TPSA) is 70.0 Å². The van der Waals surface area contributed by atoms with Crippen LogP contribution in [0.15, 0.2) is 90.0 Å². The molecule has 156 valence electrons. The quantitative estimate of drug-likeness (QED) is 0.480. The van der Waals surface area contributed by atoms with E-state index in [9.17, 15) is 14.4 Å². The summed E-state index contributed by atoms with van der Waals surface area (Å²) in [6.07, 6.45) is 5.23. The maximum absolute atomic E-state index is 13.8. The first kappa shape index (κ1) is 18.7. The van der Waals surface area contributed by atoms with E-state index >= 15 is 0 Å². The van der Waals surface area contributed by atoms with E-state index in [4.69, 9.17) is 0 Å². The normalized spacial score (nSPS) is 26.0. The molecule has 0 bridgehead atoms.